The molecule has 1 aliphatic heterocycles. The number of sulfone groups is 1. The Bertz CT molecular complexity index is 1530. The van der Waals surface area contributed by atoms with Gasteiger partial charge >= 0.3 is 12.1 Å². The van der Waals surface area contributed by atoms with E-state index in [2.05, 4.69) is 4.98 Å². The molecule has 0 saturated carbocycles. The number of hydrogen-bond acceptors (Lipinski definition) is 7. The van der Waals surface area contributed by atoms with E-state index >= 15 is 0 Å². The summed E-state index contributed by atoms with van der Waals surface area (Å²) in [5.41, 5.74) is 2.89. The molecule has 0 spiro atoms. The summed E-state index contributed by atoms with van der Waals surface area (Å²) in [5.74, 6) is 0.258. The number of aromatic nitrogens is 1. The number of hydrogen-bond donors (Lipinski definition) is 1. The van der Waals surface area contributed by atoms with Gasteiger partial charge in [0.05, 0.1) is 24.3 Å². The number of aliphatic carboxylic acids is 1. The lowest BCUT2D eigenvalue weighted by atomic mass is 9.92. The molecule has 0 radical (unpaired) electrons. The zero-order valence-corrected chi connectivity index (χ0v) is 24.4. The van der Waals surface area contributed by atoms with E-state index in [9.17, 15) is 26.4 Å². The van der Waals surface area contributed by atoms with Crippen LogP contribution in [0.15, 0.2) is 47.5 Å². The van der Waals surface area contributed by atoms with Crippen molar-refractivity contribution < 1.29 is 41.0 Å². The van der Waals surface area contributed by atoms with Gasteiger partial charge in [-0.1, -0.05) is 6.07 Å². The topological polar surface area (TPSA) is 103 Å². The van der Waals surface area contributed by atoms with Gasteiger partial charge in [-0.05, 0) is 72.4 Å². The highest BCUT2D eigenvalue weighted by atomic mass is 32.2. The highest BCUT2D eigenvalue weighted by molar-refractivity contribution is 7.99. The van der Waals surface area contributed by atoms with Gasteiger partial charge in [0.1, 0.15) is 22.2 Å². The normalized spacial score (nSPS) is 15.0. The van der Waals surface area contributed by atoms with Crippen molar-refractivity contribution >= 4 is 27.6 Å². The molecule has 7 nitrogen and oxygen atoms in total. The first-order valence-corrected chi connectivity index (χ1v) is 15.9. The third-order valence-corrected chi connectivity index (χ3v) is 8.94. The van der Waals surface area contributed by atoms with Gasteiger partial charge in [-0.2, -0.15) is 13.2 Å². The molecule has 2 aromatic carbocycles. The molecule has 0 saturated heterocycles. The highest BCUT2D eigenvalue weighted by Crippen LogP contribution is 2.42. The van der Waals surface area contributed by atoms with Crippen LogP contribution in [0, 0.1) is 13.8 Å². The van der Waals surface area contributed by atoms with Crippen molar-refractivity contribution in [2.24, 2.45) is 0 Å². The van der Waals surface area contributed by atoms with Crippen molar-refractivity contribution in [3.63, 3.8) is 0 Å². The van der Waals surface area contributed by atoms with Crippen molar-refractivity contribution in [2.45, 2.75) is 50.3 Å². The van der Waals surface area contributed by atoms with Gasteiger partial charge in [0.2, 0.25) is 5.88 Å². The minimum absolute atomic E-state index is 0.0151. The molecule has 12 heteroatoms. The first-order chi connectivity index (χ1) is 19.2. The van der Waals surface area contributed by atoms with Crippen LogP contribution >= 0.6 is 11.8 Å². The monoisotopic (exact) mass is 609 g/mol. The maximum Gasteiger partial charge on any atom is 0.416 e. The molecule has 1 unspecified atom stereocenters. The van der Waals surface area contributed by atoms with Crippen LogP contribution in [-0.4, -0.2) is 48.8 Å². The molecule has 1 atom stereocenters. The Morgan fingerprint density at radius 1 is 1.12 bits per heavy atom. The number of nitrogens with zero attached hydrogens (tertiary/aromatic N) is 1. The molecule has 0 aliphatic carbocycles. The van der Waals surface area contributed by atoms with Gasteiger partial charge in [-0.25, -0.2) is 13.4 Å². The average molecular weight is 610 g/mol. The largest absolute Gasteiger partial charge is 0.494 e. The summed E-state index contributed by atoms with van der Waals surface area (Å²) < 4.78 is 75.8. The van der Waals surface area contributed by atoms with Crippen LogP contribution < -0.4 is 9.47 Å². The van der Waals surface area contributed by atoms with Crippen LogP contribution in [0.25, 0.3) is 11.1 Å². The van der Waals surface area contributed by atoms with E-state index in [0.717, 1.165) is 33.2 Å². The van der Waals surface area contributed by atoms with E-state index in [4.69, 9.17) is 14.6 Å². The van der Waals surface area contributed by atoms with Crippen molar-refractivity contribution in [3.05, 3.63) is 70.4 Å². The number of carbonyl (C=O) groups is 1. The predicted octanol–water partition coefficient (Wildman–Crippen LogP) is 6.44. The minimum atomic E-state index is -4.59. The summed E-state index contributed by atoms with van der Waals surface area (Å²) in [7, 11) is -3.08. The Balaban J connectivity index is 1.55. The van der Waals surface area contributed by atoms with Crippen molar-refractivity contribution in [1.29, 1.82) is 0 Å². The summed E-state index contributed by atoms with van der Waals surface area (Å²) >= 11 is 1.47. The molecular weight excluding hydrogens is 579 g/mol. The molecule has 0 amide bonds. The second-order valence-electron chi connectivity index (χ2n) is 10.1. The molecule has 1 aliphatic rings. The van der Waals surface area contributed by atoms with Crippen molar-refractivity contribution in [1.82, 2.24) is 4.98 Å². The number of carboxylic acids is 1. The quantitative estimate of drug-likeness (QED) is 0.248. The van der Waals surface area contributed by atoms with Gasteiger partial charge in [0.15, 0.2) is 0 Å². The molecular formula is C29H30F3NO6S2. The lowest BCUT2D eigenvalue weighted by molar-refractivity contribution is -0.139. The van der Waals surface area contributed by atoms with Crippen LogP contribution in [0.2, 0.25) is 0 Å². The van der Waals surface area contributed by atoms with Crippen LogP contribution in [0.1, 0.15) is 46.6 Å². The Morgan fingerprint density at radius 3 is 2.46 bits per heavy atom. The lowest BCUT2D eigenvalue weighted by Crippen LogP contribution is -2.12. The molecule has 1 N–H and O–H groups in total. The molecule has 2 heterocycles. The molecule has 1 aromatic heterocycles. The first-order valence-electron chi connectivity index (χ1n) is 12.8. The zero-order chi connectivity index (χ0) is 29.9. The molecule has 0 bridgehead atoms. The Labute approximate surface area is 241 Å². The van der Waals surface area contributed by atoms with Crippen molar-refractivity contribution in [2.75, 3.05) is 24.4 Å². The van der Waals surface area contributed by atoms with Gasteiger partial charge in [0.25, 0.3) is 0 Å². The maximum absolute atomic E-state index is 13.9. The second kappa shape index (κ2) is 12.3. The summed E-state index contributed by atoms with van der Waals surface area (Å²) in [6.07, 6.45) is -1.55. The van der Waals surface area contributed by atoms with E-state index in [1.54, 1.807) is 18.2 Å². The molecule has 4 rings (SSSR count). The van der Waals surface area contributed by atoms with Crippen LogP contribution in [-0.2, 0) is 27.4 Å². The standard InChI is InChI=1S/C29H30F3NO6S2/c1-17-9-22(38-7-4-8-41(3,36)37)10-18(2)28(17)19-5-6-24(29(30,31)32)20(11-19)15-39-26-13-25-23(14-33-26)21(16-40-25)12-27(34)35/h5-6,9-11,13-14,21H,4,7-8,12,15-16H2,1-3H3,(H,34,35). The fourth-order valence-electron chi connectivity index (χ4n) is 4.87. The van der Waals surface area contributed by atoms with Crippen LogP contribution in [0.3, 0.4) is 0 Å². The molecule has 0 fully saturated rings. The fourth-order valence-corrected chi connectivity index (χ4v) is 6.76. The molecule has 41 heavy (non-hydrogen) atoms. The number of pyridine rings is 1. The van der Waals surface area contributed by atoms with Gasteiger partial charge in [-0.3, -0.25) is 4.79 Å². The number of ether oxygens (including phenoxy) is 2. The Morgan fingerprint density at radius 2 is 1.83 bits per heavy atom. The number of alkyl halides is 3. The maximum atomic E-state index is 13.9. The summed E-state index contributed by atoms with van der Waals surface area (Å²) in [4.78, 5) is 16.1. The van der Waals surface area contributed by atoms with E-state index in [0.29, 0.717) is 23.5 Å². The zero-order valence-electron chi connectivity index (χ0n) is 22.7. The second-order valence-corrected chi connectivity index (χ2v) is 13.4. The average Bonchev–Trinajstić information content (AvgIpc) is 3.25. The van der Waals surface area contributed by atoms with Gasteiger partial charge < -0.3 is 14.6 Å². The summed E-state index contributed by atoms with van der Waals surface area (Å²) in [5, 5.41) is 9.11. The van der Waals surface area contributed by atoms with E-state index in [-0.39, 0.29) is 42.7 Å². The number of rotatable bonds is 11. The third-order valence-electron chi connectivity index (χ3n) is 6.68. The number of aryl methyl sites for hydroxylation is 2. The number of thioether (sulfide) groups is 1. The SMILES string of the molecule is Cc1cc(OCCCS(C)(=O)=O)cc(C)c1-c1ccc(C(F)(F)F)c(COc2cc3c(cn2)C(CC(=O)O)CS3)c1. The molecule has 3 aromatic rings. The predicted molar refractivity (Wildman–Crippen MR) is 150 cm³/mol. The third kappa shape index (κ3) is 7.94. The van der Waals surface area contributed by atoms with E-state index in [1.165, 1.54) is 36.3 Å². The smallest absolute Gasteiger partial charge is 0.416 e. The fraction of sp³-hybridized carbons (Fsp3) is 0.379. The number of halogens is 3. The van der Waals surface area contributed by atoms with E-state index < -0.39 is 27.5 Å². The number of benzene rings is 2. The summed E-state index contributed by atoms with van der Waals surface area (Å²) in [6, 6.07) is 9.14. The lowest BCUT2D eigenvalue weighted by Gasteiger charge is -2.18. The van der Waals surface area contributed by atoms with E-state index in [1.807, 2.05) is 13.8 Å². The van der Waals surface area contributed by atoms with Crippen molar-refractivity contribution in [3.8, 4) is 22.8 Å². The Hall–Kier alpha value is -3.25. The van der Waals surface area contributed by atoms with Gasteiger partial charge in [0, 0.05) is 40.6 Å². The van der Waals surface area contributed by atoms with Gasteiger partial charge in [-0.15, -0.1) is 11.8 Å². The Kier molecular flexibility index (Phi) is 9.22. The minimum Gasteiger partial charge on any atom is -0.494 e. The number of fused-ring (bicyclic) bond motifs is 1. The van der Waals surface area contributed by atoms with Crippen LogP contribution in [0.4, 0.5) is 13.2 Å². The van der Waals surface area contributed by atoms with Crippen LogP contribution in [0.5, 0.6) is 11.6 Å². The molecule has 220 valence electrons. The number of carboxylic acid groups (broad SMARTS) is 1. The first kappa shape index (κ1) is 30.7. The summed E-state index contributed by atoms with van der Waals surface area (Å²) in [6.45, 7) is 3.53. The highest BCUT2D eigenvalue weighted by Gasteiger charge is 2.34.